The Morgan fingerprint density at radius 2 is 2.14 bits per heavy atom. The number of carbonyl (C=O) groups is 1. The van der Waals surface area contributed by atoms with Gasteiger partial charge in [-0.1, -0.05) is 12.1 Å². The number of nitrogens with zero attached hydrogens (tertiary/aromatic N) is 2. The Balaban J connectivity index is 1.99. The molecule has 1 heterocycles. The molecular formula is C18H16N2O2. The third-order valence-electron chi connectivity index (χ3n) is 3.89. The molecule has 0 fully saturated rings. The summed E-state index contributed by atoms with van der Waals surface area (Å²) in [7, 11) is 1.62. The van der Waals surface area contributed by atoms with Crippen LogP contribution in [0.3, 0.4) is 0 Å². The molecule has 2 aromatic carbocycles. The van der Waals surface area contributed by atoms with Crippen molar-refractivity contribution in [3.05, 3.63) is 59.2 Å². The molecule has 0 aromatic heterocycles. The molecule has 4 nitrogen and oxygen atoms in total. The lowest BCUT2D eigenvalue weighted by Gasteiger charge is -2.30. The number of carbonyl (C=O) groups excluding carboxylic acids is 1. The summed E-state index contributed by atoms with van der Waals surface area (Å²) in [5.41, 5.74) is 3.08. The van der Waals surface area contributed by atoms with Gasteiger partial charge in [0.15, 0.2) is 0 Å². The lowest BCUT2D eigenvalue weighted by atomic mass is 10.00. The van der Waals surface area contributed by atoms with Crippen molar-refractivity contribution in [2.45, 2.75) is 12.8 Å². The Hall–Kier alpha value is -2.80. The van der Waals surface area contributed by atoms with E-state index in [-0.39, 0.29) is 5.91 Å². The number of ether oxygens (including phenoxy) is 1. The van der Waals surface area contributed by atoms with Crippen LogP contribution in [0, 0.1) is 11.3 Å². The van der Waals surface area contributed by atoms with Crippen molar-refractivity contribution in [3.8, 4) is 11.8 Å². The molecule has 22 heavy (non-hydrogen) atoms. The Morgan fingerprint density at radius 1 is 1.27 bits per heavy atom. The number of anilines is 1. The van der Waals surface area contributed by atoms with Crippen LogP contribution in [0.1, 0.15) is 27.9 Å². The molecule has 0 atom stereocenters. The number of amides is 1. The molecular weight excluding hydrogens is 276 g/mol. The van der Waals surface area contributed by atoms with Gasteiger partial charge in [-0.3, -0.25) is 4.79 Å². The molecule has 0 spiro atoms. The maximum absolute atomic E-state index is 12.8. The third kappa shape index (κ3) is 2.53. The topological polar surface area (TPSA) is 53.3 Å². The second-order valence-electron chi connectivity index (χ2n) is 5.25. The molecule has 0 bridgehead atoms. The Bertz CT molecular complexity index is 762. The predicted octanol–water partition coefficient (Wildman–Crippen LogP) is 3.16. The van der Waals surface area contributed by atoms with Crippen LogP contribution in [0.25, 0.3) is 0 Å². The summed E-state index contributed by atoms with van der Waals surface area (Å²) >= 11 is 0. The SMILES string of the molecule is COc1ccc2c(c1)N(C(=O)c1cccc(C#N)c1)CCC2. The van der Waals surface area contributed by atoms with Crippen LogP contribution in [0.2, 0.25) is 0 Å². The summed E-state index contributed by atoms with van der Waals surface area (Å²) in [5, 5.41) is 8.99. The van der Waals surface area contributed by atoms with Gasteiger partial charge in [0.05, 0.1) is 24.4 Å². The fourth-order valence-electron chi connectivity index (χ4n) is 2.77. The molecule has 1 aliphatic rings. The average molecular weight is 292 g/mol. The molecule has 110 valence electrons. The van der Waals surface area contributed by atoms with Gasteiger partial charge in [-0.25, -0.2) is 0 Å². The zero-order valence-electron chi connectivity index (χ0n) is 12.4. The van der Waals surface area contributed by atoms with Gasteiger partial charge in [-0.05, 0) is 42.7 Å². The van der Waals surface area contributed by atoms with E-state index < -0.39 is 0 Å². The number of nitriles is 1. The molecule has 0 saturated carbocycles. The molecule has 3 rings (SSSR count). The molecule has 4 heteroatoms. The van der Waals surface area contributed by atoms with Crippen LogP contribution in [-0.4, -0.2) is 19.6 Å². The summed E-state index contributed by atoms with van der Waals surface area (Å²) in [6.07, 6.45) is 1.89. The fraction of sp³-hybridized carbons (Fsp3) is 0.222. The summed E-state index contributed by atoms with van der Waals surface area (Å²) in [6.45, 7) is 0.676. The molecule has 0 N–H and O–H groups in total. The van der Waals surface area contributed by atoms with E-state index in [0.717, 1.165) is 29.8 Å². The number of aryl methyl sites for hydroxylation is 1. The number of rotatable bonds is 2. The highest BCUT2D eigenvalue weighted by molar-refractivity contribution is 6.07. The van der Waals surface area contributed by atoms with E-state index >= 15 is 0 Å². The number of benzene rings is 2. The van der Waals surface area contributed by atoms with Crippen molar-refractivity contribution in [2.75, 3.05) is 18.6 Å². The maximum Gasteiger partial charge on any atom is 0.258 e. The van der Waals surface area contributed by atoms with Crippen LogP contribution >= 0.6 is 0 Å². The summed E-state index contributed by atoms with van der Waals surface area (Å²) in [4.78, 5) is 14.6. The van der Waals surface area contributed by atoms with Crippen molar-refractivity contribution in [3.63, 3.8) is 0 Å². The minimum absolute atomic E-state index is 0.0775. The largest absolute Gasteiger partial charge is 0.497 e. The van der Waals surface area contributed by atoms with Crippen molar-refractivity contribution in [2.24, 2.45) is 0 Å². The van der Waals surface area contributed by atoms with Crippen LogP contribution in [0.5, 0.6) is 5.75 Å². The highest BCUT2D eigenvalue weighted by Gasteiger charge is 2.24. The number of hydrogen-bond donors (Lipinski definition) is 0. The molecule has 0 aliphatic carbocycles. The monoisotopic (exact) mass is 292 g/mol. The third-order valence-corrected chi connectivity index (χ3v) is 3.89. The highest BCUT2D eigenvalue weighted by atomic mass is 16.5. The molecule has 0 radical (unpaired) electrons. The van der Waals surface area contributed by atoms with Crippen molar-refractivity contribution >= 4 is 11.6 Å². The van der Waals surface area contributed by atoms with E-state index in [4.69, 9.17) is 10.00 Å². The van der Waals surface area contributed by atoms with Crippen LogP contribution in [-0.2, 0) is 6.42 Å². The van der Waals surface area contributed by atoms with Gasteiger partial charge in [-0.2, -0.15) is 5.26 Å². The minimum Gasteiger partial charge on any atom is -0.497 e. The summed E-state index contributed by atoms with van der Waals surface area (Å²) < 4.78 is 5.27. The smallest absolute Gasteiger partial charge is 0.258 e. The van der Waals surface area contributed by atoms with E-state index in [1.54, 1.807) is 36.3 Å². The first-order valence-electron chi connectivity index (χ1n) is 7.22. The summed E-state index contributed by atoms with van der Waals surface area (Å²) in [6, 6.07) is 14.7. The van der Waals surface area contributed by atoms with E-state index in [0.29, 0.717) is 17.7 Å². The first-order chi connectivity index (χ1) is 10.7. The van der Waals surface area contributed by atoms with Gasteiger partial charge >= 0.3 is 0 Å². The van der Waals surface area contributed by atoms with Gasteiger partial charge in [0.25, 0.3) is 5.91 Å². The van der Waals surface area contributed by atoms with Gasteiger partial charge in [-0.15, -0.1) is 0 Å². The number of fused-ring (bicyclic) bond motifs is 1. The predicted molar refractivity (Wildman–Crippen MR) is 84.1 cm³/mol. The first-order valence-corrected chi connectivity index (χ1v) is 7.22. The first kappa shape index (κ1) is 14.2. The van der Waals surface area contributed by atoms with Crippen molar-refractivity contribution in [1.82, 2.24) is 0 Å². The minimum atomic E-state index is -0.0775. The summed E-state index contributed by atoms with van der Waals surface area (Å²) in [5.74, 6) is 0.663. The standard InChI is InChI=1S/C18H16N2O2/c1-22-16-8-7-14-6-3-9-20(17(14)11-16)18(21)15-5-2-4-13(10-15)12-19/h2,4-5,7-8,10-11H,3,6,9H2,1H3. The Morgan fingerprint density at radius 3 is 2.91 bits per heavy atom. The molecule has 0 saturated heterocycles. The molecule has 2 aromatic rings. The Labute approximate surface area is 129 Å². The van der Waals surface area contributed by atoms with Crippen molar-refractivity contribution in [1.29, 1.82) is 5.26 Å². The lowest BCUT2D eigenvalue weighted by Crippen LogP contribution is -2.35. The van der Waals surface area contributed by atoms with Gasteiger partial charge in [0.1, 0.15) is 5.75 Å². The van der Waals surface area contributed by atoms with Crippen LogP contribution < -0.4 is 9.64 Å². The molecule has 1 aliphatic heterocycles. The quantitative estimate of drug-likeness (QED) is 0.854. The van der Waals surface area contributed by atoms with Crippen LogP contribution in [0.15, 0.2) is 42.5 Å². The van der Waals surface area contributed by atoms with Gasteiger partial charge in [0, 0.05) is 18.2 Å². The lowest BCUT2D eigenvalue weighted by molar-refractivity contribution is 0.0985. The average Bonchev–Trinajstić information content (AvgIpc) is 2.60. The van der Waals surface area contributed by atoms with Crippen LogP contribution in [0.4, 0.5) is 5.69 Å². The van der Waals surface area contributed by atoms with Crippen molar-refractivity contribution < 1.29 is 9.53 Å². The Kier molecular flexibility index (Phi) is 3.80. The molecule has 0 unspecified atom stereocenters. The fourth-order valence-corrected chi connectivity index (χ4v) is 2.77. The molecule has 1 amide bonds. The number of hydrogen-bond acceptors (Lipinski definition) is 3. The highest BCUT2D eigenvalue weighted by Crippen LogP contribution is 2.32. The van der Waals surface area contributed by atoms with E-state index in [1.165, 1.54) is 0 Å². The van der Waals surface area contributed by atoms with E-state index in [9.17, 15) is 4.79 Å². The zero-order valence-corrected chi connectivity index (χ0v) is 12.4. The van der Waals surface area contributed by atoms with E-state index in [2.05, 4.69) is 6.07 Å². The van der Waals surface area contributed by atoms with E-state index in [1.807, 2.05) is 18.2 Å². The maximum atomic E-state index is 12.8. The second kappa shape index (κ2) is 5.90. The number of methoxy groups -OCH3 is 1. The van der Waals surface area contributed by atoms with Gasteiger partial charge in [0.2, 0.25) is 0 Å². The van der Waals surface area contributed by atoms with Gasteiger partial charge < -0.3 is 9.64 Å². The normalized spacial score (nSPS) is 13.2. The zero-order chi connectivity index (χ0) is 15.5. The second-order valence-corrected chi connectivity index (χ2v) is 5.25.